The van der Waals surface area contributed by atoms with Gasteiger partial charge in [0.25, 0.3) is 5.91 Å². The van der Waals surface area contributed by atoms with Crippen molar-refractivity contribution in [2.24, 2.45) is 0 Å². The van der Waals surface area contributed by atoms with Crippen LogP contribution in [0, 0.1) is 0 Å². The summed E-state index contributed by atoms with van der Waals surface area (Å²) in [6.45, 7) is -2.93. The summed E-state index contributed by atoms with van der Waals surface area (Å²) < 4.78 is 29.8. The molecule has 30 heavy (non-hydrogen) atoms. The number of nitrogens with zero attached hydrogens (tertiary/aromatic N) is 2. The Balaban J connectivity index is 1.45. The molecule has 0 spiro atoms. The highest BCUT2D eigenvalue weighted by atomic mass is 32.1. The number of hydrogen-bond acceptors (Lipinski definition) is 6. The molecule has 4 rings (SSSR count). The van der Waals surface area contributed by atoms with Crippen molar-refractivity contribution in [2.45, 2.75) is 13.0 Å². The summed E-state index contributed by atoms with van der Waals surface area (Å²) in [5.74, 6) is -0.343. The van der Waals surface area contributed by atoms with E-state index < -0.39 is 6.61 Å². The van der Waals surface area contributed by atoms with Gasteiger partial charge in [-0.3, -0.25) is 10.1 Å². The third kappa shape index (κ3) is 4.87. The topological polar surface area (TPSA) is 64.1 Å². The predicted octanol–water partition coefficient (Wildman–Crippen LogP) is 5.71. The quantitative estimate of drug-likeness (QED) is 0.397. The molecular formula is C21H15F2N3O2S2. The molecule has 0 aliphatic rings. The lowest BCUT2D eigenvalue weighted by atomic mass is 10.1. The number of rotatable bonds is 7. The van der Waals surface area contributed by atoms with Crippen LogP contribution in [0.1, 0.15) is 21.1 Å². The molecule has 0 unspecified atom stereocenters. The lowest BCUT2D eigenvalue weighted by Crippen LogP contribution is -2.12. The van der Waals surface area contributed by atoms with Gasteiger partial charge in [-0.15, -0.1) is 22.7 Å². The standard InChI is InChI=1S/C21H15F2N3O2S2/c22-20(23)28-17-9-5-4-8-14(17)15-11-30-21(25-15)26-19(27)16-12-29-18(24-16)10-13-6-2-1-3-7-13/h1-9,11-12,20H,10H2,(H,25,26,27). The molecule has 0 fully saturated rings. The number of benzene rings is 2. The van der Waals surface area contributed by atoms with E-state index in [1.165, 1.54) is 28.7 Å². The Morgan fingerprint density at radius 1 is 1.00 bits per heavy atom. The smallest absolute Gasteiger partial charge is 0.387 e. The van der Waals surface area contributed by atoms with Crippen LogP contribution >= 0.6 is 22.7 Å². The summed E-state index contributed by atoms with van der Waals surface area (Å²) >= 11 is 2.61. The third-order valence-electron chi connectivity index (χ3n) is 4.09. The van der Waals surface area contributed by atoms with E-state index in [0.29, 0.717) is 28.5 Å². The van der Waals surface area contributed by atoms with E-state index in [2.05, 4.69) is 20.0 Å². The molecule has 1 N–H and O–H groups in total. The molecular weight excluding hydrogens is 428 g/mol. The van der Waals surface area contributed by atoms with Crippen molar-refractivity contribution in [1.29, 1.82) is 0 Å². The van der Waals surface area contributed by atoms with Gasteiger partial charge in [0.15, 0.2) is 5.13 Å². The second-order valence-electron chi connectivity index (χ2n) is 6.16. The minimum atomic E-state index is -2.93. The fourth-order valence-electron chi connectivity index (χ4n) is 2.76. The van der Waals surface area contributed by atoms with Gasteiger partial charge in [0.1, 0.15) is 11.4 Å². The van der Waals surface area contributed by atoms with Crippen LogP contribution in [-0.4, -0.2) is 22.5 Å². The molecule has 0 bridgehead atoms. The van der Waals surface area contributed by atoms with E-state index in [1.807, 2.05) is 30.3 Å². The van der Waals surface area contributed by atoms with Crippen molar-refractivity contribution in [2.75, 3.05) is 5.32 Å². The molecule has 2 aromatic carbocycles. The molecule has 9 heteroatoms. The number of amides is 1. The van der Waals surface area contributed by atoms with Crippen LogP contribution in [0.2, 0.25) is 0 Å². The van der Waals surface area contributed by atoms with Crippen molar-refractivity contribution in [1.82, 2.24) is 9.97 Å². The molecule has 0 aliphatic heterocycles. The van der Waals surface area contributed by atoms with E-state index in [1.54, 1.807) is 29.0 Å². The van der Waals surface area contributed by atoms with Crippen LogP contribution in [-0.2, 0) is 6.42 Å². The number of carbonyl (C=O) groups is 1. The molecule has 0 radical (unpaired) electrons. The first-order valence-electron chi connectivity index (χ1n) is 8.88. The monoisotopic (exact) mass is 443 g/mol. The predicted molar refractivity (Wildman–Crippen MR) is 113 cm³/mol. The van der Waals surface area contributed by atoms with Gasteiger partial charge in [0.2, 0.25) is 0 Å². The molecule has 0 aliphatic carbocycles. The number of para-hydroxylation sites is 1. The number of carbonyl (C=O) groups excluding carboxylic acids is 1. The average Bonchev–Trinajstić information content (AvgIpc) is 3.39. The molecule has 0 saturated heterocycles. The van der Waals surface area contributed by atoms with E-state index in [-0.39, 0.29) is 11.7 Å². The highest BCUT2D eigenvalue weighted by Crippen LogP contribution is 2.33. The number of hydrogen-bond donors (Lipinski definition) is 1. The Morgan fingerprint density at radius 3 is 2.57 bits per heavy atom. The summed E-state index contributed by atoms with van der Waals surface area (Å²) in [6.07, 6.45) is 0.654. The Hall–Kier alpha value is -3.17. The Kier molecular flexibility index (Phi) is 6.10. The minimum Gasteiger partial charge on any atom is -0.434 e. The molecule has 2 aromatic heterocycles. The lowest BCUT2D eigenvalue weighted by molar-refractivity contribution is -0.0494. The molecule has 0 saturated carbocycles. The van der Waals surface area contributed by atoms with Gasteiger partial charge in [0, 0.05) is 22.7 Å². The number of anilines is 1. The highest BCUT2D eigenvalue weighted by Gasteiger charge is 2.16. The number of ether oxygens (including phenoxy) is 1. The van der Waals surface area contributed by atoms with Crippen LogP contribution < -0.4 is 10.1 Å². The largest absolute Gasteiger partial charge is 0.434 e. The number of nitrogens with one attached hydrogen (secondary N) is 1. The van der Waals surface area contributed by atoms with Crippen LogP contribution in [0.3, 0.4) is 0 Å². The van der Waals surface area contributed by atoms with Gasteiger partial charge in [0.05, 0.1) is 10.7 Å². The van der Waals surface area contributed by atoms with E-state index >= 15 is 0 Å². The van der Waals surface area contributed by atoms with Crippen molar-refractivity contribution in [3.05, 3.63) is 81.6 Å². The summed E-state index contributed by atoms with van der Waals surface area (Å²) in [7, 11) is 0. The highest BCUT2D eigenvalue weighted by molar-refractivity contribution is 7.14. The van der Waals surface area contributed by atoms with Crippen LogP contribution in [0.25, 0.3) is 11.3 Å². The summed E-state index contributed by atoms with van der Waals surface area (Å²) in [4.78, 5) is 21.2. The van der Waals surface area contributed by atoms with E-state index in [4.69, 9.17) is 0 Å². The van der Waals surface area contributed by atoms with Gasteiger partial charge < -0.3 is 4.74 Å². The normalized spacial score (nSPS) is 10.9. The third-order valence-corrected chi connectivity index (χ3v) is 5.69. The van der Waals surface area contributed by atoms with Gasteiger partial charge in [-0.1, -0.05) is 42.5 Å². The fourth-order valence-corrected chi connectivity index (χ4v) is 4.27. The van der Waals surface area contributed by atoms with Crippen molar-refractivity contribution < 1.29 is 18.3 Å². The van der Waals surface area contributed by atoms with Crippen molar-refractivity contribution >= 4 is 33.7 Å². The Morgan fingerprint density at radius 2 is 1.77 bits per heavy atom. The minimum absolute atomic E-state index is 0.0285. The van der Waals surface area contributed by atoms with Gasteiger partial charge in [-0.05, 0) is 17.7 Å². The van der Waals surface area contributed by atoms with E-state index in [0.717, 1.165) is 10.6 Å². The second kappa shape index (κ2) is 9.10. The second-order valence-corrected chi connectivity index (χ2v) is 7.96. The zero-order chi connectivity index (χ0) is 20.9. The first kappa shape index (κ1) is 20.1. The molecule has 1 amide bonds. The number of aromatic nitrogens is 2. The fraction of sp³-hybridized carbons (Fsp3) is 0.0952. The van der Waals surface area contributed by atoms with Crippen LogP contribution in [0.5, 0.6) is 5.75 Å². The zero-order valence-corrected chi connectivity index (χ0v) is 17.1. The molecule has 0 atom stereocenters. The maximum atomic E-state index is 12.6. The average molecular weight is 444 g/mol. The lowest BCUT2D eigenvalue weighted by Gasteiger charge is -2.08. The molecule has 152 valence electrons. The summed E-state index contributed by atoms with van der Waals surface area (Å²) in [5, 5.41) is 7.27. The Labute approximate surface area is 179 Å². The Bertz CT molecular complexity index is 1150. The zero-order valence-electron chi connectivity index (χ0n) is 15.4. The number of halogens is 2. The van der Waals surface area contributed by atoms with Crippen molar-refractivity contribution in [3.8, 4) is 17.0 Å². The van der Waals surface area contributed by atoms with E-state index in [9.17, 15) is 13.6 Å². The molecule has 2 heterocycles. The summed E-state index contributed by atoms with van der Waals surface area (Å²) in [6, 6.07) is 16.3. The molecule has 5 nitrogen and oxygen atoms in total. The maximum absolute atomic E-state index is 12.6. The van der Waals surface area contributed by atoms with Crippen LogP contribution in [0.4, 0.5) is 13.9 Å². The number of thiazole rings is 2. The van der Waals surface area contributed by atoms with Gasteiger partial charge in [-0.25, -0.2) is 9.97 Å². The van der Waals surface area contributed by atoms with Gasteiger partial charge >= 0.3 is 6.61 Å². The van der Waals surface area contributed by atoms with Crippen LogP contribution in [0.15, 0.2) is 65.4 Å². The number of alkyl halides is 2. The SMILES string of the molecule is O=C(Nc1nc(-c2ccccc2OC(F)F)cs1)c1csc(Cc2ccccc2)n1. The molecule has 4 aromatic rings. The summed E-state index contributed by atoms with van der Waals surface area (Å²) in [5.41, 5.74) is 2.29. The van der Waals surface area contributed by atoms with Crippen molar-refractivity contribution in [3.63, 3.8) is 0 Å². The first-order valence-corrected chi connectivity index (χ1v) is 10.6. The first-order chi connectivity index (χ1) is 14.6. The van der Waals surface area contributed by atoms with Gasteiger partial charge in [-0.2, -0.15) is 8.78 Å². The maximum Gasteiger partial charge on any atom is 0.387 e.